The number of imidazole rings is 1. The number of carbonyl (C=O) groups excluding carboxylic acids is 1. The van der Waals surface area contributed by atoms with E-state index in [1.807, 2.05) is 38.1 Å². The second-order valence-electron chi connectivity index (χ2n) is 5.76. The van der Waals surface area contributed by atoms with Gasteiger partial charge in [-0.1, -0.05) is 31.7 Å². The molecule has 0 radical (unpaired) electrons. The number of hydrogen-bond donors (Lipinski definition) is 1. The minimum Gasteiger partial charge on any atom is -0.497 e. The molecule has 0 aliphatic rings. The Morgan fingerprint density at radius 2 is 2.17 bits per heavy atom. The van der Waals surface area contributed by atoms with Gasteiger partial charge in [0.1, 0.15) is 11.5 Å². The van der Waals surface area contributed by atoms with E-state index in [1.54, 1.807) is 14.2 Å². The summed E-state index contributed by atoms with van der Waals surface area (Å²) < 4.78 is 10.7. The molecule has 1 aromatic heterocycles. The van der Waals surface area contributed by atoms with Crippen LogP contribution in [-0.4, -0.2) is 41.8 Å². The van der Waals surface area contributed by atoms with Crippen molar-refractivity contribution in [2.45, 2.75) is 25.1 Å². The quantitative estimate of drug-likeness (QED) is 0.553. The van der Waals surface area contributed by atoms with Crippen molar-refractivity contribution in [1.82, 2.24) is 9.97 Å². The number of H-pyrrole nitrogens is 1. The number of nitrogens with zero attached hydrogens (tertiary/aromatic N) is 1. The largest absolute Gasteiger partial charge is 0.497 e. The number of fused-ring (bicyclic) bond motifs is 1. The number of aromatic amines is 1. The number of nitrogens with one attached hydrogen (secondary N) is 1. The summed E-state index contributed by atoms with van der Waals surface area (Å²) in [5, 5.41) is 0.726. The molecule has 24 heavy (non-hydrogen) atoms. The molecule has 3 unspecified atom stereocenters. The van der Waals surface area contributed by atoms with Gasteiger partial charge in [0.25, 0.3) is 0 Å². The van der Waals surface area contributed by atoms with E-state index in [-0.39, 0.29) is 23.7 Å². The van der Waals surface area contributed by atoms with Crippen molar-refractivity contribution in [3.63, 3.8) is 0 Å². The van der Waals surface area contributed by atoms with Gasteiger partial charge in [0.15, 0.2) is 5.16 Å². The van der Waals surface area contributed by atoms with Crippen molar-refractivity contribution in [1.29, 1.82) is 0 Å². The maximum Gasteiger partial charge on any atom is 0.166 e. The maximum atomic E-state index is 12.5. The molecule has 1 aromatic carbocycles. The highest BCUT2D eigenvalue weighted by Crippen LogP contribution is 2.25. The molecule has 0 bridgehead atoms. The van der Waals surface area contributed by atoms with E-state index in [9.17, 15) is 4.79 Å². The van der Waals surface area contributed by atoms with Crippen LogP contribution < -0.4 is 4.74 Å². The van der Waals surface area contributed by atoms with Crippen molar-refractivity contribution in [3.05, 3.63) is 30.9 Å². The Bertz CT molecular complexity index is 713. The molecule has 2 aromatic rings. The molecular weight excluding hydrogens is 324 g/mol. The number of methoxy groups -OCH3 is 2. The number of carbonyl (C=O) groups is 1. The highest BCUT2D eigenvalue weighted by Gasteiger charge is 2.27. The number of ether oxygens (including phenoxy) is 2. The fraction of sp³-hybridized carbons (Fsp3) is 0.444. The third-order valence-corrected chi connectivity index (χ3v) is 5.08. The monoisotopic (exact) mass is 348 g/mol. The zero-order chi connectivity index (χ0) is 17.7. The molecule has 0 aliphatic heterocycles. The van der Waals surface area contributed by atoms with E-state index >= 15 is 0 Å². The van der Waals surface area contributed by atoms with Crippen LogP contribution in [0.5, 0.6) is 5.75 Å². The number of hydrogen-bond acceptors (Lipinski definition) is 5. The molecule has 1 heterocycles. The van der Waals surface area contributed by atoms with Crippen LogP contribution in [0.1, 0.15) is 13.8 Å². The predicted molar refractivity (Wildman–Crippen MR) is 97.7 cm³/mol. The molecule has 0 aliphatic carbocycles. The van der Waals surface area contributed by atoms with E-state index in [0.717, 1.165) is 21.9 Å². The molecule has 0 saturated carbocycles. The van der Waals surface area contributed by atoms with E-state index in [1.165, 1.54) is 11.8 Å². The lowest BCUT2D eigenvalue weighted by molar-refractivity contribution is -0.124. The molecule has 6 heteroatoms. The summed E-state index contributed by atoms with van der Waals surface area (Å²) in [4.78, 5) is 20.2. The third kappa shape index (κ3) is 4.19. The molecule has 1 N–H and O–H groups in total. The summed E-state index contributed by atoms with van der Waals surface area (Å²) in [6.07, 6.45) is 1.66. The smallest absolute Gasteiger partial charge is 0.166 e. The topological polar surface area (TPSA) is 64.2 Å². The van der Waals surface area contributed by atoms with Crippen LogP contribution in [0, 0.1) is 11.8 Å². The lowest BCUT2D eigenvalue weighted by atomic mass is 9.91. The Morgan fingerprint density at radius 3 is 2.79 bits per heavy atom. The van der Waals surface area contributed by atoms with Crippen LogP contribution in [-0.2, 0) is 9.53 Å². The van der Waals surface area contributed by atoms with Gasteiger partial charge in [0.2, 0.25) is 0 Å². The summed E-state index contributed by atoms with van der Waals surface area (Å²) >= 11 is 1.40. The second kappa shape index (κ2) is 8.35. The highest BCUT2D eigenvalue weighted by molar-refractivity contribution is 7.99. The third-order valence-electron chi connectivity index (χ3n) is 4.18. The first kappa shape index (κ1) is 18.5. The lowest BCUT2D eigenvalue weighted by Crippen LogP contribution is -2.33. The molecule has 3 atom stereocenters. The van der Waals surface area contributed by atoms with Gasteiger partial charge in [-0.05, 0) is 12.1 Å². The molecular formula is C18H24N2O3S. The first-order valence-corrected chi connectivity index (χ1v) is 8.83. The normalized spacial score (nSPS) is 15.0. The Kier molecular flexibility index (Phi) is 6.45. The zero-order valence-corrected chi connectivity index (χ0v) is 15.4. The number of thioether (sulfide) groups is 1. The van der Waals surface area contributed by atoms with E-state index < -0.39 is 0 Å². The van der Waals surface area contributed by atoms with Gasteiger partial charge in [0.05, 0.1) is 30.0 Å². The summed E-state index contributed by atoms with van der Waals surface area (Å²) in [5.41, 5.74) is 1.75. The molecule has 0 saturated heterocycles. The minimum atomic E-state index is -0.194. The van der Waals surface area contributed by atoms with Crippen LogP contribution in [0.2, 0.25) is 0 Å². The van der Waals surface area contributed by atoms with Gasteiger partial charge >= 0.3 is 0 Å². The molecule has 0 spiro atoms. The summed E-state index contributed by atoms with van der Waals surface area (Å²) in [6.45, 7) is 7.69. The Hall–Kier alpha value is -1.79. The first-order valence-electron chi connectivity index (χ1n) is 7.84. The fourth-order valence-electron chi connectivity index (χ4n) is 2.62. The number of aromatic nitrogens is 2. The number of benzene rings is 1. The average Bonchev–Trinajstić information content (AvgIpc) is 3.01. The Morgan fingerprint density at radius 1 is 1.42 bits per heavy atom. The first-order chi connectivity index (χ1) is 11.5. The molecule has 5 nitrogen and oxygen atoms in total. The van der Waals surface area contributed by atoms with Crippen molar-refractivity contribution < 1.29 is 14.3 Å². The van der Waals surface area contributed by atoms with Crippen LogP contribution in [0.3, 0.4) is 0 Å². The molecule has 0 fully saturated rings. The summed E-state index contributed by atoms with van der Waals surface area (Å²) in [5.74, 6) is 1.19. The van der Waals surface area contributed by atoms with Gasteiger partial charge < -0.3 is 14.5 Å². The Labute approximate surface area is 146 Å². The molecule has 0 amide bonds. The zero-order valence-electron chi connectivity index (χ0n) is 14.5. The average molecular weight is 348 g/mol. The van der Waals surface area contributed by atoms with E-state index in [2.05, 4.69) is 16.5 Å². The van der Waals surface area contributed by atoms with Crippen molar-refractivity contribution in [3.8, 4) is 5.75 Å². The van der Waals surface area contributed by atoms with Gasteiger partial charge in [-0.15, -0.1) is 6.58 Å². The van der Waals surface area contributed by atoms with Gasteiger partial charge in [-0.25, -0.2) is 4.98 Å². The van der Waals surface area contributed by atoms with Crippen LogP contribution in [0.15, 0.2) is 36.0 Å². The number of ketones is 1. The molecule has 130 valence electrons. The summed E-state index contributed by atoms with van der Waals surface area (Å²) in [6, 6.07) is 5.65. The van der Waals surface area contributed by atoms with Crippen LogP contribution in [0.4, 0.5) is 0 Å². The van der Waals surface area contributed by atoms with Crippen LogP contribution >= 0.6 is 11.8 Å². The SMILES string of the molecule is C=CC(C)C(OC)C(C)C(=O)CSc1nc2ccc(OC)cc2[nH]1. The van der Waals surface area contributed by atoms with Crippen molar-refractivity contribution in [2.24, 2.45) is 11.8 Å². The standard InChI is InChI=1S/C18H24N2O3S/c1-6-11(2)17(23-5)12(3)16(21)10-24-18-19-14-8-7-13(22-4)9-15(14)20-18/h6-9,11-12,17H,1,10H2,2-5H3,(H,19,20). The van der Waals surface area contributed by atoms with Crippen molar-refractivity contribution in [2.75, 3.05) is 20.0 Å². The number of Topliss-reactive ketones (excluding diaryl/α,β-unsaturated/α-hetero) is 1. The Balaban J connectivity index is 2.01. The van der Waals surface area contributed by atoms with Crippen molar-refractivity contribution >= 4 is 28.6 Å². The summed E-state index contributed by atoms with van der Waals surface area (Å²) in [7, 11) is 3.26. The molecule has 2 rings (SSSR count). The van der Waals surface area contributed by atoms with Gasteiger partial charge in [0, 0.05) is 25.0 Å². The van der Waals surface area contributed by atoms with Gasteiger partial charge in [-0.2, -0.15) is 0 Å². The highest BCUT2D eigenvalue weighted by atomic mass is 32.2. The van der Waals surface area contributed by atoms with Crippen LogP contribution in [0.25, 0.3) is 11.0 Å². The fourth-order valence-corrected chi connectivity index (χ4v) is 3.51. The second-order valence-corrected chi connectivity index (χ2v) is 6.73. The minimum absolute atomic E-state index is 0.123. The van der Waals surface area contributed by atoms with E-state index in [0.29, 0.717) is 5.75 Å². The number of rotatable bonds is 9. The predicted octanol–water partition coefficient (Wildman–Crippen LogP) is 3.71. The van der Waals surface area contributed by atoms with E-state index in [4.69, 9.17) is 9.47 Å². The van der Waals surface area contributed by atoms with Gasteiger partial charge in [-0.3, -0.25) is 4.79 Å². The lowest BCUT2D eigenvalue weighted by Gasteiger charge is -2.25. The maximum absolute atomic E-state index is 12.5.